The fraction of sp³-hybridized carbons (Fsp3) is 0.333. The highest BCUT2D eigenvalue weighted by atomic mass is 16.5. The number of rotatable bonds is 6. The lowest BCUT2D eigenvalue weighted by atomic mass is 10.2. The standard InChI is InChI=1S/C21H22N4O4/c1-3-17(20(26)22-18-12-13(2)29-24-18)28-21(27)19-15-10-7-11-16(15)25(23-19)14-8-5-4-6-9-14/h4-6,8-9,12,17H,3,7,10-11H2,1-2H3,(H,22,24,26)/t17-/m0/s1. The molecule has 0 saturated carbocycles. The molecule has 1 aliphatic rings. The first kappa shape index (κ1) is 18.9. The van der Waals surface area contributed by atoms with Crippen molar-refractivity contribution in [2.45, 2.75) is 45.6 Å². The predicted molar refractivity (Wildman–Crippen MR) is 105 cm³/mol. The van der Waals surface area contributed by atoms with Gasteiger partial charge in [-0.15, -0.1) is 0 Å². The fourth-order valence-corrected chi connectivity index (χ4v) is 3.52. The van der Waals surface area contributed by atoms with Crippen LogP contribution < -0.4 is 5.32 Å². The molecule has 3 aromatic rings. The van der Waals surface area contributed by atoms with Crippen LogP contribution in [-0.4, -0.2) is 32.9 Å². The first-order chi connectivity index (χ1) is 14.1. The number of hydrogen-bond acceptors (Lipinski definition) is 6. The summed E-state index contributed by atoms with van der Waals surface area (Å²) in [5.74, 6) is -0.173. The van der Waals surface area contributed by atoms with E-state index in [0.717, 1.165) is 36.2 Å². The van der Waals surface area contributed by atoms with Gasteiger partial charge in [-0.25, -0.2) is 9.48 Å². The van der Waals surface area contributed by atoms with Gasteiger partial charge in [-0.05, 0) is 44.7 Å². The van der Waals surface area contributed by atoms with E-state index in [-0.39, 0.29) is 11.5 Å². The molecule has 0 aliphatic heterocycles. The summed E-state index contributed by atoms with van der Waals surface area (Å²) in [6.07, 6.45) is 1.97. The van der Waals surface area contributed by atoms with E-state index >= 15 is 0 Å². The van der Waals surface area contributed by atoms with E-state index in [1.807, 2.05) is 30.3 Å². The van der Waals surface area contributed by atoms with Crippen LogP contribution in [0.1, 0.15) is 47.3 Å². The molecule has 1 N–H and O–H groups in total. The van der Waals surface area contributed by atoms with Crippen molar-refractivity contribution in [3.8, 4) is 5.69 Å². The second-order valence-corrected chi connectivity index (χ2v) is 6.99. The van der Waals surface area contributed by atoms with Gasteiger partial charge in [-0.1, -0.05) is 30.3 Å². The Labute approximate surface area is 167 Å². The van der Waals surface area contributed by atoms with Crippen molar-refractivity contribution in [1.29, 1.82) is 0 Å². The molecular weight excluding hydrogens is 372 g/mol. The van der Waals surface area contributed by atoms with Crippen LogP contribution in [0, 0.1) is 6.92 Å². The zero-order valence-corrected chi connectivity index (χ0v) is 16.3. The number of carbonyl (C=O) groups is 2. The van der Waals surface area contributed by atoms with Crippen LogP contribution in [0.25, 0.3) is 5.69 Å². The van der Waals surface area contributed by atoms with Crippen LogP contribution in [0.3, 0.4) is 0 Å². The summed E-state index contributed by atoms with van der Waals surface area (Å²) < 4.78 is 12.3. The first-order valence-corrected chi connectivity index (χ1v) is 9.68. The van der Waals surface area contributed by atoms with Crippen molar-refractivity contribution in [2.75, 3.05) is 5.32 Å². The number of aromatic nitrogens is 3. The SMILES string of the molecule is CC[C@H](OC(=O)c1nn(-c2ccccc2)c2c1CCC2)C(=O)Nc1cc(C)on1. The van der Waals surface area contributed by atoms with Gasteiger partial charge < -0.3 is 14.6 Å². The molecule has 2 aromatic heterocycles. The maximum atomic E-state index is 12.9. The van der Waals surface area contributed by atoms with Gasteiger partial charge in [-0.2, -0.15) is 5.10 Å². The highest BCUT2D eigenvalue weighted by molar-refractivity contribution is 5.97. The molecule has 1 atom stereocenters. The third-order valence-corrected chi connectivity index (χ3v) is 4.92. The number of esters is 1. The molecule has 4 rings (SSSR count). The highest BCUT2D eigenvalue weighted by Crippen LogP contribution is 2.28. The van der Waals surface area contributed by atoms with E-state index in [1.54, 1.807) is 24.6 Å². The molecule has 0 radical (unpaired) electrons. The molecule has 29 heavy (non-hydrogen) atoms. The van der Waals surface area contributed by atoms with Gasteiger partial charge in [0.25, 0.3) is 5.91 Å². The van der Waals surface area contributed by atoms with Crippen LogP contribution in [0.4, 0.5) is 5.82 Å². The largest absolute Gasteiger partial charge is 0.447 e. The minimum absolute atomic E-state index is 0.282. The molecule has 8 heteroatoms. The van der Waals surface area contributed by atoms with E-state index in [9.17, 15) is 9.59 Å². The summed E-state index contributed by atoms with van der Waals surface area (Å²) in [7, 11) is 0. The van der Waals surface area contributed by atoms with Crippen molar-refractivity contribution in [2.24, 2.45) is 0 Å². The molecule has 0 spiro atoms. The molecule has 0 bridgehead atoms. The van der Waals surface area contributed by atoms with Crippen molar-refractivity contribution < 1.29 is 18.8 Å². The monoisotopic (exact) mass is 394 g/mol. The van der Waals surface area contributed by atoms with E-state index in [0.29, 0.717) is 12.2 Å². The van der Waals surface area contributed by atoms with E-state index in [4.69, 9.17) is 9.26 Å². The Morgan fingerprint density at radius 1 is 1.28 bits per heavy atom. The Balaban J connectivity index is 1.54. The maximum absolute atomic E-state index is 12.9. The Morgan fingerprint density at radius 3 is 2.76 bits per heavy atom. The summed E-state index contributed by atoms with van der Waals surface area (Å²) in [5, 5.41) is 10.9. The van der Waals surface area contributed by atoms with Crippen LogP contribution in [0.2, 0.25) is 0 Å². The van der Waals surface area contributed by atoms with Gasteiger partial charge >= 0.3 is 5.97 Å². The number of benzene rings is 1. The quantitative estimate of drug-likeness (QED) is 0.645. The van der Waals surface area contributed by atoms with E-state index in [2.05, 4.69) is 15.6 Å². The number of hydrogen-bond donors (Lipinski definition) is 1. The smallest absolute Gasteiger partial charge is 0.359 e. The molecule has 1 aliphatic carbocycles. The number of para-hydroxylation sites is 1. The average Bonchev–Trinajstić information content (AvgIpc) is 3.43. The Morgan fingerprint density at radius 2 is 2.07 bits per heavy atom. The van der Waals surface area contributed by atoms with E-state index < -0.39 is 18.0 Å². The second kappa shape index (κ2) is 7.90. The van der Waals surface area contributed by atoms with Gasteiger partial charge in [0, 0.05) is 17.3 Å². The Bertz CT molecular complexity index is 1040. The average molecular weight is 394 g/mol. The van der Waals surface area contributed by atoms with Crippen molar-refractivity contribution in [3.05, 3.63) is 59.1 Å². The van der Waals surface area contributed by atoms with Crippen LogP contribution in [-0.2, 0) is 22.4 Å². The lowest BCUT2D eigenvalue weighted by Gasteiger charge is -2.14. The number of fused-ring (bicyclic) bond motifs is 1. The van der Waals surface area contributed by atoms with Gasteiger partial charge in [0.1, 0.15) is 5.76 Å². The topological polar surface area (TPSA) is 99.2 Å². The number of nitrogens with one attached hydrogen (secondary N) is 1. The summed E-state index contributed by atoms with van der Waals surface area (Å²) in [4.78, 5) is 25.4. The van der Waals surface area contributed by atoms with Crippen LogP contribution >= 0.6 is 0 Å². The van der Waals surface area contributed by atoms with E-state index in [1.165, 1.54) is 0 Å². The fourth-order valence-electron chi connectivity index (χ4n) is 3.52. The van der Waals surface area contributed by atoms with Crippen LogP contribution in [0.15, 0.2) is 40.9 Å². The van der Waals surface area contributed by atoms with Crippen molar-refractivity contribution >= 4 is 17.7 Å². The minimum atomic E-state index is -0.946. The first-order valence-electron chi connectivity index (χ1n) is 9.68. The third-order valence-electron chi connectivity index (χ3n) is 4.92. The molecule has 8 nitrogen and oxygen atoms in total. The normalized spacial score (nSPS) is 13.7. The summed E-state index contributed by atoms with van der Waals surface area (Å²) in [6, 6.07) is 11.3. The Kier molecular flexibility index (Phi) is 5.16. The molecule has 0 saturated heterocycles. The lowest BCUT2D eigenvalue weighted by Crippen LogP contribution is -2.32. The number of anilines is 1. The highest BCUT2D eigenvalue weighted by Gasteiger charge is 2.30. The van der Waals surface area contributed by atoms with Gasteiger partial charge in [0.2, 0.25) is 0 Å². The number of amides is 1. The van der Waals surface area contributed by atoms with Crippen LogP contribution in [0.5, 0.6) is 0 Å². The van der Waals surface area contributed by atoms with Gasteiger partial charge in [0.15, 0.2) is 17.6 Å². The number of ether oxygens (including phenoxy) is 1. The maximum Gasteiger partial charge on any atom is 0.359 e. The molecule has 1 amide bonds. The zero-order chi connectivity index (χ0) is 20.4. The molecular formula is C21H22N4O4. The Hall–Kier alpha value is -3.42. The lowest BCUT2D eigenvalue weighted by molar-refractivity contribution is -0.124. The molecule has 2 heterocycles. The predicted octanol–water partition coefficient (Wildman–Crippen LogP) is 3.23. The summed E-state index contributed by atoms with van der Waals surface area (Å²) in [5.41, 5.74) is 3.11. The zero-order valence-electron chi connectivity index (χ0n) is 16.3. The summed E-state index contributed by atoms with van der Waals surface area (Å²) >= 11 is 0. The van der Waals surface area contributed by atoms with Gasteiger partial charge in [0.05, 0.1) is 5.69 Å². The summed E-state index contributed by atoms with van der Waals surface area (Å²) in [6.45, 7) is 3.50. The van der Waals surface area contributed by atoms with Gasteiger partial charge in [-0.3, -0.25) is 4.79 Å². The third kappa shape index (κ3) is 3.78. The second-order valence-electron chi connectivity index (χ2n) is 6.99. The molecule has 0 fully saturated rings. The molecule has 150 valence electrons. The molecule has 1 aromatic carbocycles. The number of carbonyl (C=O) groups excluding carboxylic acids is 2. The minimum Gasteiger partial charge on any atom is -0.447 e. The number of aryl methyl sites for hydroxylation is 1. The number of nitrogens with zero attached hydrogens (tertiary/aromatic N) is 3. The van der Waals surface area contributed by atoms with Crippen molar-refractivity contribution in [3.63, 3.8) is 0 Å². The molecule has 0 unspecified atom stereocenters. The van der Waals surface area contributed by atoms with Crippen molar-refractivity contribution in [1.82, 2.24) is 14.9 Å².